The minimum absolute atomic E-state index is 0.121. The van der Waals surface area contributed by atoms with Gasteiger partial charge >= 0.3 is 5.97 Å². The summed E-state index contributed by atoms with van der Waals surface area (Å²) in [7, 11) is 0. The van der Waals surface area contributed by atoms with Gasteiger partial charge in [0, 0.05) is 24.7 Å². The lowest BCUT2D eigenvalue weighted by molar-refractivity contribution is -0.141. The Morgan fingerprint density at radius 1 is 1.35 bits per heavy atom. The highest BCUT2D eigenvalue weighted by molar-refractivity contribution is 5.98. The largest absolute Gasteiger partial charge is 0.481 e. The minimum atomic E-state index is -0.895. The van der Waals surface area contributed by atoms with E-state index >= 15 is 0 Å². The van der Waals surface area contributed by atoms with Gasteiger partial charge in [-0.3, -0.25) is 14.4 Å². The molecule has 120 valence electrons. The Bertz CT molecular complexity index is 842. The molecule has 1 aromatic carbocycles. The Morgan fingerprint density at radius 3 is 2.78 bits per heavy atom. The molecule has 1 saturated heterocycles. The molecular weight excluding hydrogens is 300 g/mol. The number of nitrogens with two attached hydrogens (primary N) is 1. The Hall–Kier alpha value is -2.67. The van der Waals surface area contributed by atoms with E-state index in [1.165, 1.54) is 17.0 Å². The number of aliphatic carboxylic acids is 1. The highest BCUT2D eigenvalue weighted by Gasteiger charge is 2.31. The summed E-state index contributed by atoms with van der Waals surface area (Å²) in [5.41, 5.74) is 5.93. The van der Waals surface area contributed by atoms with Crippen LogP contribution in [0.2, 0.25) is 0 Å². The van der Waals surface area contributed by atoms with Gasteiger partial charge in [-0.15, -0.1) is 0 Å². The summed E-state index contributed by atoms with van der Waals surface area (Å²) in [5, 5.41) is 9.32. The van der Waals surface area contributed by atoms with Gasteiger partial charge in [-0.25, -0.2) is 0 Å². The van der Waals surface area contributed by atoms with Crippen molar-refractivity contribution in [3.8, 4) is 0 Å². The molecule has 3 N–H and O–H groups in total. The van der Waals surface area contributed by atoms with E-state index in [-0.39, 0.29) is 24.4 Å². The third kappa shape index (κ3) is 2.83. The number of hydrogen-bond donors (Lipinski definition) is 2. The second-order valence-corrected chi connectivity index (χ2v) is 5.57. The lowest BCUT2D eigenvalue weighted by atomic mass is 10.1. The van der Waals surface area contributed by atoms with Gasteiger partial charge in [0.2, 0.25) is 0 Å². The van der Waals surface area contributed by atoms with Crippen molar-refractivity contribution in [3.63, 3.8) is 0 Å². The quantitative estimate of drug-likeness (QED) is 0.865. The zero-order valence-electron chi connectivity index (χ0n) is 12.3. The van der Waals surface area contributed by atoms with E-state index in [4.69, 9.17) is 15.3 Å². The van der Waals surface area contributed by atoms with Gasteiger partial charge in [-0.05, 0) is 24.6 Å². The fourth-order valence-electron chi connectivity index (χ4n) is 2.77. The van der Waals surface area contributed by atoms with Crippen LogP contribution in [-0.2, 0) is 11.3 Å². The Balaban J connectivity index is 1.92. The first-order valence-corrected chi connectivity index (χ1v) is 7.28. The van der Waals surface area contributed by atoms with E-state index in [1.54, 1.807) is 12.1 Å². The number of fused-ring (bicyclic) bond motifs is 1. The van der Waals surface area contributed by atoms with Gasteiger partial charge in [0.1, 0.15) is 11.3 Å². The molecule has 0 bridgehead atoms. The zero-order valence-corrected chi connectivity index (χ0v) is 12.3. The molecule has 1 amide bonds. The van der Waals surface area contributed by atoms with Crippen molar-refractivity contribution in [2.45, 2.75) is 13.0 Å². The average Bonchev–Trinajstić information content (AvgIpc) is 3.04. The maximum Gasteiger partial charge on any atom is 0.308 e. The van der Waals surface area contributed by atoms with Crippen LogP contribution in [0.4, 0.5) is 0 Å². The summed E-state index contributed by atoms with van der Waals surface area (Å²) in [6.45, 7) is 0.706. The zero-order chi connectivity index (χ0) is 16.6. The molecule has 2 aromatic rings. The van der Waals surface area contributed by atoms with Crippen LogP contribution < -0.4 is 11.2 Å². The van der Waals surface area contributed by atoms with Gasteiger partial charge in [0.25, 0.3) is 5.91 Å². The van der Waals surface area contributed by atoms with Crippen LogP contribution >= 0.6 is 0 Å². The summed E-state index contributed by atoms with van der Waals surface area (Å²) in [5.74, 6) is -1.33. The molecule has 1 atom stereocenters. The van der Waals surface area contributed by atoms with Crippen LogP contribution in [0.5, 0.6) is 0 Å². The molecule has 1 aliphatic heterocycles. The topological polar surface area (TPSA) is 114 Å². The number of likely N-dealkylation sites (tertiary alicyclic amines) is 1. The number of amides is 1. The van der Waals surface area contributed by atoms with Crippen LogP contribution in [0.15, 0.2) is 33.5 Å². The SMILES string of the molecule is NCc1cc(=O)c2cc(C(=O)N3CCC(C(=O)O)C3)ccc2o1. The number of rotatable bonds is 3. The summed E-state index contributed by atoms with van der Waals surface area (Å²) >= 11 is 0. The molecule has 2 heterocycles. The molecule has 0 radical (unpaired) electrons. The van der Waals surface area contributed by atoms with E-state index in [1.807, 2.05) is 0 Å². The first kappa shape index (κ1) is 15.2. The molecule has 1 aromatic heterocycles. The maximum absolute atomic E-state index is 12.5. The Labute approximate surface area is 131 Å². The summed E-state index contributed by atoms with van der Waals surface area (Å²) in [4.78, 5) is 37.0. The van der Waals surface area contributed by atoms with Crippen molar-refractivity contribution in [1.82, 2.24) is 4.90 Å². The number of carboxylic acid groups (broad SMARTS) is 1. The number of carboxylic acids is 1. The van der Waals surface area contributed by atoms with E-state index in [0.29, 0.717) is 35.3 Å². The lowest BCUT2D eigenvalue weighted by Crippen LogP contribution is -2.30. The molecule has 7 heteroatoms. The lowest BCUT2D eigenvalue weighted by Gasteiger charge is -2.16. The van der Waals surface area contributed by atoms with E-state index in [9.17, 15) is 14.4 Å². The number of nitrogens with zero attached hydrogens (tertiary/aromatic N) is 1. The number of carbonyl (C=O) groups excluding carboxylic acids is 1. The second-order valence-electron chi connectivity index (χ2n) is 5.57. The van der Waals surface area contributed by atoms with Crippen molar-refractivity contribution in [2.24, 2.45) is 11.7 Å². The number of hydrogen-bond acceptors (Lipinski definition) is 5. The van der Waals surface area contributed by atoms with Crippen LogP contribution in [-0.4, -0.2) is 35.0 Å². The minimum Gasteiger partial charge on any atom is -0.481 e. The van der Waals surface area contributed by atoms with Crippen molar-refractivity contribution in [2.75, 3.05) is 13.1 Å². The first-order chi connectivity index (χ1) is 11.0. The molecule has 0 spiro atoms. The summed E-state index contributed by atoms with van der Waals surface area (Å²) in [6.07, 6.45) is 0.441. The molecule has 7 nitrogen and oxygen atoms in total. The normalized spacial score (nSPS) is 17.6. The van der Waals surface area contributed by atoms with Gasteiger partial charge < -0.3 is 20.2 Å². The van der Waals surface area contributed by atoms with Crippen molar-refractivity contribution < 1.29 is 19.1 Å². The van der Waals surface area contributed by atoms with Gasteiger partial charge in [0.05, 0.1) is 17.8 Å². The van der Waals surface area contributed by atoms with Crippen molar-refractivity contribution in [1.29, 1.82) is 0 Å². The first-order valence-electron chi connectivity index (χ1n) is 7.28. The Morgan fingerprint density at radius 2 is 2.13 bits per heavy atom. The molecule has 1 unspecified atom stereocenters. The van der Waals surface area contributed by atoms with Crippen molar-refractivity contribution in [3.05, 3.63) is 45.8 Å². The molecule has 1 fully saturated rings. The van der Waals surface area contributed by atoms with E-state index < -0.39 is 11.9 Å². The fourth-order valence-corrected chi connectivity index (χ4v) is 2.77. The molecule has 0 aliphatic carbocycles. The van der Waals surface area contributed by atoms with Crippen LogP contribution in [0, 0.1) is 5.92 Å². The molecule has 1 aliphatic rings. The number of benzene rings is 1. The average molecular weight is 316 g/mol. The van der Waals surface area contributed by atoms with Gasteiger partial charge in [-0.1, -0.05) is 0 Å². The van der Waals surface area contributed by atoms with E-state index in [0.717, 1.165) is 0 Å². The summed E-state index contributed by atoms with van der Waals surface area (Å²) in [6, 6.07) is 5.93. The molecule has 3 rings (SSSR count). The third-order valence-electron chi connectivity index (χ3n) is 4.05. The van der Waals surface area contributed by atoms with Crippen molar-refractivity contribution >= 4 is 22.8 Å². The smallest absolute Gasteiger partial charge is 0.308 e. The third-order valence-corrected chi connectivity index (χ3v) is 4.05. The summed E-state index contributed by atoms with van der Waals surface area (Å²) < 4.78 is 5.47. The fraction of sp³-hybridized carbons (Fsp3) is 0.312. The highest BCUT2D eigenvalue weighted by atomic mass is 16.4. The molecule has 0 saturated carbocycles. The van der Waals surface area contributed by atoms with Crippen LogP contribution in [0.25, 0.3) is 11.0 Å². The standard InChI is InChI=1S/C16H16N2O5/c17-7-11-6-13(19)12-5-9(1-2-14(12)23-11)15(20)18-4-3-10(8-18)16(21)22/h1-2,5-6,10H,3-4,7-8,17H2,(H,21,22). The monoisotopic (exact) mass is 316 g/mol. The second kappa shape index (κ2) is 5.85. The van der Waals surface area contributed by atoms with Crippen LogP contribution in [0.3, 0.4) is 0 Å². The Kier molecular flexibility index (Phi) is 3.87. The highest BCUT2D eigenvalue weighted by Crippen LogP contribution is 2.21. The molecular formula is C16H16N2O5. The predicted octanol–water partition coefficient (Wildman–Crippen LogP) is 0.798. The predicted molar refractivity (Wildman–Crippen MR) is 82.0 cm³/mol. The molecule has 23 heavy (non-hydrogen) atoms. The number of carbonyl (C=O) groups is 2. The maximum atomic E-state index is 12.5. The van der Waals surface area contributed by atoms with Gasteiger partial charge in [-0.2, -0.15) is 0 Å². The van der Waals surface area contributed by atoms with Crippen LogP contribution in [0.1, 0.15) is 22.5 Å². The van der Waals surface area contributed by atoms with E-state index in [2.05, 4.69) is 0 Å². The van der Waals surface area contributed by atoms with Gasteiger partial charge in [0.15, 0.2) is 5.43 Å².